The summed E-state index contributed by atoms with van der Waals surface area (Å²) in [5, 5.41) is 2.49. The van der Waals surface area contributed by atoms with Crippen LogP contribution in [0.1, 0.15) is 10.4 Å². The molecular weight excluding hydrogens is 465 g/mol. The Kier molecular flexibility index (Phi) is 6.12. The number of hydrogen-bond donors (Lipinski definition) is 3. The maximum atomic E-state index is 12.1. The van der Waals surface area contributed by atoms with Crippen LogP contribution in [-0.4, -0.2) is 37.0 Å². The molecule has 1 heterocycles. The molecule has 2 aromatic rings. The summed E-state index contributed by atoms with van der Waals surface area (Å²) in [6, 6.07) is 14.0. The van der Waals surface area contributed by atoms with Gasteiger partial charge in [-0.25, -0.2) is 0 Å². The molecule has 1 atom stereocenters. The zero-order chi connectivity index (χ0) is 19.2. The molecule has 8 nitrogen and oxygen atoms in total. The monoisotopic (exact) mass is 481 g/mol. The van der Waals surface area contributed by atoms with Gasteiger partial charge in [0, 0.05) is 3.57 Å². The lowest BCUT2D eigenvalue weighted by Gasteiger charge is -2.25. The number of carbonyl (C=O) groups excluding carboxylic acids is 3. The Balaban J connectivity index is 1.43. The number of amides is 3. The number of benzene rings is 2. The van der Waals surface area contributed by atoms with Crippen LogP contribution >= 0.6 is 22.6 Å². The fraction of sp³-hybridized carbons (Fsp3) is 0.167. The summed E-state index contributed by atoms with van der Waals surface area (Å²) >= 11 is 2.04. The van der Waals surface area contributed by atoms with E-state index in [0.717, 1.165) is 3.57 Å². The molecule has 0 spiro atoms. The van der Waals surface area contributed by atoms with E-state index in [9.17, 15) is 14.4 Å². The fourth-order valence-electron chi connectivity index (χ4n) is 2.31. The van der Waals surface area contributed by atoms with Crippen molar-refractivity contribution in [3.05, 3.63) is 57.7 Å². The molecule has 0 saturated carbocycles. The summed E-state index contributed by atoms with van der Waals surface area (Å²) in [6.45, 7) is -0.253. The van der Waals surface area contributed by atoms with Crippen LogP contribution in [0.5, 0.6) is 11.5 Å². The summed E-state index contributed by atoms with van der Waals surface area (Å²) in [7, 11) is 0. The van der Waals surface area contributed by atoms with E-state index >= 15 is 0 Å². The van der Waals surface area contributed by atoms with Gasteiger partial charge >= 0.3 is 0 Å². The first kappa shape index (κ1) is 19.0. The van der Waals surface area contributed by atoms with E-state index in [1.165, 1.54) is 0 Å². The SMILES string of the molecule is O=C(CNC(=O)c1ccccc1I)NNC(=O)[C@H]1COc2ccccc2O1. The number of ether oxygens (including phenoxy) is 2. The molecule has 140 valence electrons. The van der Waals surface area contributed by atoms with Gasteiger partial charge in [0.05, 0.1) is 12.1 Å². The van der Waals surface area contributed by atoms with Crippen LogP contribution in [0.4, 0.5) is 0 Å². The zero-order valence-corrected chi connectivity index (χ0v) is 16.2. The lowest BCUT2D eigenvalue weighted by Crippen LogP contribution is -2.52. The van der Waals surface area contributed by atoms with E-state index in [2.05, 4.69) is 16.2 Å². The molecule has 2 aromatic carbocycles. The first-order valence-electron chi connectivity index (χ1n) is 8.04. The Morgan fingerprint density at radius 1 is 1.00 bits per heavy atom. The Morgan fingerprint density at radius 3 is 2.48 bits per heavy atom. The number of rotatable bonds is 4. The predicted octanol–water partition coefficient (Wildman–Crippen LogP) is 1.01. The summed E-state index contributed by atoms with van der Waals surface area (Å²) in [6.07, 6.45) is -0.888. The van der Waals surface area contributed by atoms with Crippen LogP contribution in [0.3, 0.4) is 0 Å². The van der Waals surface area contributed by atoms with Crippen LogP contribution in [0.25, 0.3) is 0 Å². The lowest BCUT2D eigenvalue weighted by molar-refractivity contribution is -0.134. The maximum Gasteiger partial charge on any atom is 0.283 e. The van der Waals surface area contributed by atoms with Crippen molar-refractivity contribution in [3.63, 3.8) is 0 Å². The van der Waals surface area contributed by atoms with Crippen molar-refractivity contribution >= 4 is 40.3 Å². The normalized spacial score (nSPS) is 14.8. The highest BCUT2D eigenvalue weighted by Gasteiger charge is 2.27. The molecule has 9 heteroatoms. The minimum absolute atomic E-state index is 0.0297. The third-order valence-corrected chi connectivity index (χ3v) is 4.59. The zero-order valence-electron chi connectivity index (χ0n) is 14.0. The lowest BCUT2D eigenvalue weighted by atomic mass is 10.2. The number of hydrogen-bond acceptors (Lipinski definition) is 5. The Bertz CT molecular complexity index is 874. The quantitative estimate of drug-likeness (QED) is 0.447. The average Bonchev–Trinajstić information content (AvgIpc) is 2.70. The number of hydrazine groups is 1. The van der Waals surface area contributed by atoms with Crippen LogP contribution < -0.4 is 25.6 Å². The molecular formula is C18H16IN3O5. The Labute approximate surface area is 168 Å². The number of carbonyl (C=O) groups is 3. The van der Waals surface area contributed by atoms with Crippen molar-refractivity contribution in [3.8, 4) is 11.5 Å². The third kappa shape index (κ3) is 4.88. The Morgan fingerprint density at radius 2 is 1.70 bits per heavy atom. The second-order valence-electron chi connectivity index (χ2n) is 5.56. The van der Waals surface area contributed by atoms with Crippen molar-refractivity contribution in [1.29, 1.82) is 0 Å². The smallest absolute Gasteiger partial charge is 0.283 e. The van der Waals surface area contributed by atoms with Crippen LogP contribution in [0.2, 0.25) is 0 Å². The number of nitrogens with one attached hydrogen (secondary N) is 3. The van der Waals surface area contributed by atoms with E-state index in [-0.39, 0.29) is 19.1 Å². The van der Waals surface area contributed by atoms with Gasteiger partial charge in [0.2, 0.25) is 6.10 Å². The van der Waals surface area contributed by atoms with E-state index < -0.39 is 17.9 Å². The second-order valence-corrected chi connectivity index (χ2v) is 6.73. The van der Waals surface area contributed by atoms with Crippen LogP contribution in [-0.2, 0) is 9.59 Å². The first-order chi connectivity index (χ1) is 13.0. The van der Waals surface area contributed by atoms with Crippen LogP contribution in [0.15, 0.2) is 48.5 Å². The fourth-order valence-corrected chi connectivity index (χ4v) is 2.94. The molecule has 0 saturated heterocycles. The Hall–Kier alpha value is -2.82. The summed E-state index contributed by atoms with van der Waals surface area (Å²) in [5.41, 5.74) is 4.97. The minimum Gasteiger partial charge on any atom is -0.485 e. The van der Waals surface area contributed by atoms with E-state index in [1.807, 2.05) is 28.7 Å². The predicted molar refractivity (Wildman–Crippen MR) is 104 cm³/mol. The molecule has 0 unspecified atom stereocenters. The van der Waals surface area contributed by atoms with Crippen molar-refractivity contribution in [2.45, 2.75) is 6.10 Å². The maximum absolute atomic E-state index is 12.1. The molecule has 0 aliphatic carbocycles. The summed E-state index contributed by atoms with van der Waals surface area (Å²) in [5.74, 6) is -0.479. The highest BCUT2D eigenvalue weighted by atomic mass is 127. The number of para-hydroxylation sites is 2. The van der Waals surface area contributed by atoms with Crippen LogP contribution in [0, 0.1) is 3.57 Å². The van der Waals surface area contributed by atoms with Crippen molar-refractivity contribution in [2.24, 2.45) is 0 Å². The van der Waals surface area contributed by atoms with Gasteiger partial charge in [-0.05, 0) is 46.9 Å². The highest BCUT2D eigenvalue weighted by molar-refractivity contribution is 14.1. The van der Waals surface area contributed by atoms with Gasteiger partial charge in [-0.1, -0.05) is 24.3 Å². The topological polar surface area (TPSA) is 106 Å². The van der Waals surface area contributed by atoms with E-state index in [4.69, 9.17) is 9.47 Å². The van der Waals surface area contributed by atoms with E-state index in [0.29, 0.717) is 17.1 Å². The van der Waals surface area contributed by atoms with Crippen molar-refractivity contribution < 1.29 is 23.9 Å². The molecule has 0 bridgehead atoms. The highest BCUT2D eigenvalue weighted by Crippen LogP contribution is 2.30. The molecule has 0 radical (unpaired) electrons. The summed E-state index contributed by atoms with van der Waals surface area (Å²) in [4.78, 5) is 36.0. The van der Waals surface area contributed by atoms with Crippen molar-refractivity contribution in [2.75, 3.05) is 13.2 Å². The average molecular weight is 481 g/mol. The minimum atomic E-state index is -0.888. The molecule has 0 aromatic heterocycles. The van der Waals surface area contributed by atoms with Gasteiger partial charge in [-0.15, -0.1) is 0 Å². The molecule has 1 aliphatic rings. The molecule has 3 rings (SSSR count). The summed E-state index contributed by atoms with van der Waals surface area (Å²) < 4.78 is 11.8. The van der Waals surface area contributed by atoms with Gasteiger partial charge in [0.1, 0.15) is 6.61 Å². The standard InChI is InChI=1S/C18H16IN3O5/c19-12-6-2-1-5-11(12)17(24)20-9-16(23)21-22-18(25)15-10-26-13-7-3-4-8-14(13)27-15/h1-8,15H,9-10H2,(H,20,24)(H,21,23)(H,22,25)/t15-/m1/s1. The first-order valence-corrected chi connectivity index (χ1v) is 9.12. The molecule has 1 aliphatic heterocycles. The molecule has 0 fully saturated rings. The van der Waals surface area contributed by atoms with Gasteiger partial charge in [0.25, 0.3) is 17.7 Å². The van der Waals surface area contributed by atoms with E-state index in [1.54, 1.807) is 42.5 Å². The third-order valence-electron chi connectivity index (χ3n) is 3.65. The van der Waals surface area contributed by atoms with Gasteiger partial charge < -0.3 is 14.8 Å². The van der Waals surface area contributed by atoms with Crippen molar-refractivity contribution in [1.82, 2.24) is 16.2 Å². The molecule has 3 amide bonds. The van der Waals surface area contributed by atoms with Gasteiger partial charge in [-0.2, -0.15) is 0 Å². The second kappa shape index (κ2) is 8.71. The van der Waals surface area contributed by atoms with Gasteiger partial charge in [0.15, 0.2) is 11.5 Å². The molecule has 3 N–H and O–H groups in total. The number of halogens is 1. The largest absolute Gasteiger partial charge is 0.485 e. The van der Waals surface area contributed by atoms with Gasteiger partial charge in [-0.3, -0.25) is 25.2 Å². The number of fused-ring (bicyclic) bond motifs is 1. The molecule has 27 heavy (non-hydrogen) atoms.